The van der Waals surface area contributed by atoms with Gasteiger partial charge in [0.15, 0.2) is 5.03 Å². The van der Waals surface area contributed by atoms with Crippen molar-refractivity contribution in [2.45, 2.75) is 25.0 Å². The quantitative estimate of drug-likeness (QED) is 0.365. The van der Waals surface area contributed by atoms with E-state index in [9.17, 15) is 14.4 Å². The molecule has 0 atom stereocenters. The Bertz CT molecular complexity index is 925. The summed E-state index contributed by atoms with van der Waals surface area (Å²) in [4.78, 5) is 36.0. The normalized spacial score (nSPS) is 11.1. The van der Waals surface area contributed by atoms with E-state index < -0.39 is 17.2 Å². The van der Waals surface area contributed by atoms with Crippen LogP contribution in [0.3, 0.4) is 0 Å². The molecular weight excluding hydrogens is 382 g/mol. The summed E-state index contributed by atoms with van der Waals surface area (Å²) in [6.07, 6.45) is 1.44. The molecule has 1 heterocycles. The van der Waals surface area contributed by atoms with Crippen molar-refractivity contribution in [3.05, 3.63) is 49.6 Å². The molecule has 0 unspecified atom stereocenters. The third kappa shape index (κ3) is 6.05. The third-order valence-electron chi connectivity index (χ3n) is 2.74. The van der Waals surface area contributed by atoms with Gasteiger partial charge >= 0.3 is 5.69 Å². The van der Waals surface area contributed by atoms with Gasteiger partial charge in [-0.15, -0.1) is 0 Å². The molecule has 0 bridgehead atoms. The lowest BCUT2D eigenvalue weighted by molar-refractivity contribution is -0.118. The van der Waals surface area contributed by atoms with Crippen molar-refractivity contribution in [3.8, 4) is 5.75 Å². The van der Waals surface area contributed by atoms with Gasteiger partial charge in [-0.1, -0.05) is 23.4 Å². The number of thioether (sulfide) groups is 1. The topological polar surface area (TPSA) is 129 Å². The summed E-state index contributed by atoms with van der Waals surface area (Å²) in [6.45, 7) is 3.80. The second-order valence-corrected chi connectivity index (χ2v) is 6.62. The van der Waals surface area contributed by atoms with E-state index in [-0.39, 0.29) is 16.9 Å². The smallest absolute Gasteiger partial charge is 0.342 e. The SMILES string of the molecule is CC(C)Oc1ccc(/C=N/NC(=O)CSc2n[nH]c(=O)[nH]c2=O)cc1Cl. The van der Waals surface area contributed by atoms with Gasteiger partial charge in [0.25, 0.3) is 5.56 Å². The largest absolute Gasteiger partial charge is 0.489 e. The lowest BCUT2D eigenvalue weighted by Crippen LogP contribution is -2.26. The Morgan fingerprint density at radius 3 is 2.88 bits per heavy atom. The molecule has 0 spiro atoms. The molecule has 26 heavy (non-hydrogen) atoms. The molecule has 2 aromatic rings. The number of carbonyl (C=O) groups excluding carboxylic acids is 1. The highest BCUT2D eigenvalue weighted by Crippen LogP contribution is 2.25. The van der Waals surface area contributed by atoms with Gasteiger partial charge in [0.05, 0.1) is 23.1 Å². The standard InChI is InChI=1S/C15H16ClN5O4S/c1-8(2)25-11-4-3-9(5-10(11)16)6-17-19-12(22)7-26-14-13(23)18-15(24)21-20-14/h3-6,8H,7H2,1-2H3,(H,19,22)(H2,18,21,23,24)/b17-6+. The average molecular weight is 398 g/mol. The van der Waals surface area contributed by atoms with Crippen molar-refractivity contribution in [1.82, 2.24) is 20.6 Å². The van der Waals surface area contributed by atoms with Gasteiger partial charge in [-0.2, -0.15) is 10.2 Å². The highest BCUT2D eigenvalue weighted by Gasteiger charge is 2.07. The fourth-order valence-corrected chi connectivity index (χ4v) is 2.58. The monoisotopic (exact) mass is 397 g/mol. The zero-order valence-electron chi connectivity index (χ0n) is 13.9. The summed E-state index contributed by atoms with van der Waals surface area (Å²) >= 11 is 6.99. The minimum Gasteiger partial charge on any atom is -0.489 e. The molecule has 1 aromatic carbocycles. The first-order valence-corrected chi connectivity index (χ1v) is 8.81. The van der Waals surface area contributed by atoms with Gasteiger partial charge in [-0.25, -0.2) is 15.3 Å². The number of nitrogens with one attached hydrogen (secondary N) is 3. The van der Waals surface area contributed by atoms with E-state index in [0.717, 1.165) is 11.8 Å². The maximum atomic E-state index is 11.7. The van der Waals surface area contributed by atoms with Gasteiger partial charge in [-0.05, 0) is 37.6 Å². The number of carbonyl (C=O) groups is 1. The van der Waals surface area contributed by atoms with E-state index in [4.69, 9.17) is 16.3 Å². The molecule has 2 rings (SSSR count). The number of aromatic nitrogens is 3. The van der Waals surface area contributed by atoms with Crippen molar-refractivity contribution in [2.75, 3.05) is 5.75 Å². The Labute approximate surface area is 157 Å². The van der Waals surface area contributed by atoms with Crippen LogP contribution in [0.1, 0.15) is 19.4 Å². The Balaban J connectivity index is 1.87. The van der Waals surface area contributed by atoms with Crippen molar-refractivity contribution in [2.24, 2.45) is 5.10 Å². The first-order valence-electron chi connectivity index (χ1n) is 7.45. The molecular formula is C15H16ClN5O4S. The molecule has 1 amide bonds. The van der Waals surface area contributed by atoms with Gasteiger partial charge in [0.2, 0.25) is 5.91 Å². The van der Waals surface area contributed by atoms with Crippen LogP contribution in [0.2, 0.25) is 5.02 Å². The Morgan fingerprint density at radius 1 is 1.46 bits per heavy atom. The molecule has 0 aliphatic heterocycles. The number of hydrazone groups is 1. The predicted molar refractivity (Wildman–Crippen MR) is 99.2 cm³/mol. The maximum Gasteiger partial charge on any atom is 0.342 e. The minimum absolute atomic E-state index is 0.00739. The minimum atomic E-state index is -0.711. The molecule has 9 nitrogen and oxygen atoms in total. The number of hydrogen-bond donors (Lipinski definition) is 3. The molecule has 0 aliphatic rings. The van der Waals surface area contributed by atoms with Crippen molar-refractivity contribution < 1.29 is 9.53 Å². The Hall–Kier alpha value is -2.59. The molecule has 0 saturated heterocycles. The summed E-state index contributed by atoms with van der Waals surface area (Å²) < 4.78 is 5.53. The van der Waals surface area contributed by atoms with Crippen LogP contribution < -0.4 is 21.4 Å². The molecule has 3 N–H and O–H groups in total. The summed E-state index contributed by atoms with van der Waals surface area (Å²) in [6, 6.07) is 5.13. The van der Waals surface area contributed by atoms with Crippen LogP contribution in [0.4, 0.5) is 0 Å². The van der Waals surface area contributed by atoms with Gasteiger partial charge < -0.3 is 4.74 Å². The summed E-state index contributed by atoms with van der Waals surface area (Å²) in [5.74, 6) is 0.0314. The van der Waals surface area contributed by atoms with E-state index >= 15 is 0 Å². The number of amides is 1. The van der Waals surface area contributed by atoms with Crippen LogP contribution in [0.25, 0.3) is 0 Å². The van der Waals surface area contributed by atoms with Crippen LogP contribution in [0.15, 0.2) is 37.9 Å². The molecule has 0 radical (unpaired) electrons. The van der Waals surface area contributed by atoms with E-state index in [1.807, 2.05) is 18.8 Å². The maximum absolute atomic E-state index is 11.7. The number of ether oxygens (including phenoxy) is 1. The number of H-pyrrole nitrogens is 2. The Kier molecular flexibility index (Phi) is 6.98. The van der Waals surface area contributed by atoms with E-state index in [0.29, 0.717) is 16.3 Å². The van der Waals surface area contributed by atoms with Crippen molar-refractivity contribution in [1.29, 1.82) is 0 Å². The van der Waals surface area contributed by atoms with E-state index in [1.165, 1.54) is 6.21 Å². The number of aromatic amines is 2. The first-order chi connectivity index (χ1) is 12.3. The van der Waals surface area contributed by atoms with Gasteiger partial charge in [0.1, 0.15) is 5.75 Å². The number of halogens is 1. The highest BCUT2D eigenvalue weighted by molar-refractivity contribution is 7.99. The summed E-state index contributed by atoms with van der Waals surface area (Å²) in [7, 11) is 0. The van der Waals surface area contributed by atoms with Crippen LogP contribution in [0.5, 0.6) is 5.75 Å². The van der Waals surface area contributed by atoms with Crippen LogP contribution in [-0.2, 0) is 4.79 Å². The van der Waals surface area contributed by atoms with Gasteiger partial charge in [0, 0.05) is 0 Å². The summed E-state index contributed by atoms with van der Waals surface area (Å²) in [5.41, 5.74) is 1.63. The highest BCUT2D eigenvalue weighted by atomic mass is 35.5. The van der Waals surface area contributed by atoms with Crippen LogP contribution >= 0.6 is 23.4 Å². The molecule has 1 aromatic heterocycles. The second-order valence-electron chi connectivity index (χ2n) is 5.25. The lowest BCUT2D eigenvalue weighted by Gasteiger charge is -2.11. The Morgan fingerprint density at radius 2 is 2.23 bits per heavy atom. The average Bonchev–Trinajstić information content (AvgIpc) is 2.56. The fraction of sp³-hybridized carbons (Fsp3) is 0.267. The second kappa shape index (κ2) is 9.20. The molecule has 0 aliphatic carbocycles. The van der Waals surface area contributed by atoms with Crippen molar-refractivity contribution >= 4 is 35.5 Å². The molecule has 0 fully saturated rings. The first kappa shape index (κ1) is 19.7. The predicted octanol–water partition coefficient (Wildman–Crippen LogP) is 1.14. The van der Waals surface area contributed by atoms with E-state index in [2.05, 4.69) is 20.7 Å². The molecule has 0 saturated carbocycles. The van der Waals surface area contributed by atoms with E-state index in [1.54, 1.807) is 18.2 Å². The number of hydrogen-bond acceptors (Lipinski definition) is 7. The number of rotatable bonds is 7. The molecule has 11 heteroatoms. The lowest BCUT2D eigenvalue weighted by atomic mass is 10.2. The van der Waals surface area contributed by atoms with Gasteiger partial charge in [-0.3, -0.25) is 14.6 Å². The fourth-order valence-electron chi connectivity index (χ4n) is 1.73. The zero-order chi connectivity index (χ0) is 19.1. The van der Waals surface area contributed by atoms with Crippen molar-refractivity contribution in [3.63, 3.8) is 0 Å². The zero-order valence-corrected chi connectivity index (χ0v) is 15.5. The third-order valence-corrected chi connectivity index (χ3v) is 3.99. The summed E-state index contributed by atoms with van der Waals surface area (Å²) in [5, 5.41) is 9.88. The van der Waals surface area contributed by atoms with Crippen LogP contribution in [0, 0.1) is 0 Å². The molecule has 138 valence electrons. The number of nitrogens with zero attached hydrogens (tertiary/aromatic N) is 2. The van der Waals surface area contributed by atoms with Crippen LogP contribution in [-0.4, -0.2) is 39.2 Å². The number of benzene rings is 1.